The maximum absolute atomic E-state index is 14.0. The summed E-state index contributed by atoms with van der Waals surface area (Å²) >= 11 is 13.8. The molecular weight excluding hydrogens is 477 g/mol. The Hall–Kier alpha value is -2.67. The molecule has 0 bridgehead atoms. The Morgan fingerprint density at radius 2 is 1.82 bits per heavy atom. The van der Waals surface area contributed by atoms with Crippen molar-refractivity contribution < 1.29 is 9.59 Å². The number of halogens is 2. The van der Waals surface area contributed by atoms with Gasteiger partial charge >= 0.3 is 6.03 Å². The van der Waals surface area contributed by atoms with Crippen LogP contribution in [0, 0.1) is 6.92 Å². The molecule has 0 aromatic heterocycles. The van der Waals surface area contributed by atoms with Crippen molar-refractivity contribution in [3.8, 4) is 0 Å². The van der Waals surface area contributed by atoms with Crippen LogP contribution in [0.15, 0.2) is 66.7 Å². The van der Waals surface area contributed by atoms with Crippen LogP contribution >= 0.6 is 35.0 Å². The zero-order chi connectivity index (χ0) is 23.2. The molecule has 2 heterocycles. The van der Waals surface area contributed by atoms with Gasteiger partial charge < -0.3 is 10.2 Å². The van der Waals surface area contributed by atoms with Gasteiger partial charge in [0, 0.05) is 33.6 Å². The molecule has 0 radical (unpaired) electrons. The number of urea groups is 1. The Morgan fingerprint density at radius 3 is 2.58 bits per heavy atom. The lowest BCUT2D eigenvalue weighted by Gasteiger charge is -2.33. The van der Waals surface area contributed by atoms with Crippen LogP contribution in [0.25, 0.3) is 0 Å². The molecule has 0 aliphatic carbocycles. The van der Waals surface area contributed by atoms with Crippen LogP contribution in [0.4, 0.5) is 16.2 Å². The van der Waals surface area contributed by atoms with E-state index >= 15 is 0 Å². The predicted molar refractivity (Wildman–Crippen MR) is 135 cm³/mol. The second-order valence-electron chi connectivity index (χ2n) is 8.12. The van der Waals surface area contributed by atoms with E-state index in [9.17, 15) is 9.59 Å². The molecule has 5 rings (SSSR count). The number of amides is 3. The summed E-state index contributed by atoms with van der Waals surface area (Å²) in [5, 5.41) is 4.03. The number of anilines is 2. The monoisotopic (exact) mass is 497 g/mol. The molecule has 1 fully saturated rings. The smallest absolute Gasteiger partial charge is 0.308 e. The summed E-state index contributed by atoms with van der Waals surface area (Å²) in [4.78, 5) is 29.6. The molecule has 1 N–H and O–H groups in total. The van der Waals surface area contributed by atoms with Crippen LogP contribution in [-0.2, 0) is 16.2 Å². The molecule has 3 amide bonds. The van der Waals surface area contributed by atoms with Gasteiger partial charge in [0.25, 0.3) is 5.91 Å². The topological polar surface area (TPSA) is 52.7 Å². The van der Waals surface area contributed by atoms with Crippen molar-refractivity contribution in [1.82, 2.24) is 4.90 Å². The highest BCUT2D eigenvalue weighted by molar-refractivity contribution is 8.01. The third kappa shape index (κ3) is 3.86. The van der Waals surface area contributed by atoms with Gasteiger partial charge in [-0.05, 0) is 55.0 Å². The van der Waals surface area contributed by atoms with Crippen LogP contribution < -0.4 is 10.2 Å². The fourth-order valence-corrected chi connectivity index (χ4v) is 6.21. The van der Waals surface area contributed by atoms with Crippen LogP contribution in [0.1, 0.15) is 16.7 Å². The van der Waals surface area contributed by atoms with E-state index in [1.807, 2.05) is 37.3 Å². The summed E-state index contributed by atoms with van der Waals surface area (Å²) in [5.41, 5.74) is 4.31. The van der Waals surface area contributed by atoms with E-state index in [4.69, 9.17) is 23.2 Å². The summed E-state index contributed by atoms with van der Waals surface area (Å²) in [5.74, 6) is 0.513. The maximum atomic E-state index is 14.0. The molecule has 33 heavy (non-hydrogen) atoms. The number of carbonyl (C=O) groups is 2. The number of rotatable bonds is 3. The minimum absolute atomic E-state index is 0.130. The molecule has 168 valence electrons. The molecule has 1 atom stereocenters. The predicted octanol–water partition coefficient (Wildman–Crippen LogP) is 6.28. The standard InChI is InChI=1S/C25H21Cl2N3O2S/c1-16-3-2-4-17(13-16)15-29-22-10-7-19(27)14-21(22)25(23(29)31)30(11-12-33-25)24(32)28-20-8-5-18(26)6-9-20/h2-10,13-14H,11-12,15H2,1H3,(H,28,32)/t25-/m0/s1. The van der Waals surface area contributed by atoms with Crippen molar-refractivity contribution in [2.24, 2.45) is 0 Å². The number of thioether (sulfide) groups is 1. The van der Waals surface area contributed by atoms with Gasteiger partial charge in [0.05, 0.1) is 12.2 Å². The van der Waals surface area contributed by atoms with Gasteiger partial charge in [0.1, 0.15) is 0 Å². The van der Waals surface area contributed by atoms with Gasteiger partial charge in [-0.15, -0.1) is 11.8 Å². The first-order chi connectivity index (χ1) is 15.9. The molecule has 3 aromatic rings. The maximum Gasteiger partial charge on any atom is 0.323 e. The van der Waals surface area contributed by atoms with E-state index in [0.717, 1.165) is 22.4 Å². The Morgan fingerprint density at radius 1 is 1.06 bits per heavy atom. The lowest BCUT2D eigenvalue weighted by atomic mass is 10.1. The number of benzene rings is 3. The summed E-state index contributed by atoms with van der Waals surface area (Å²) in [6.45, 7) is 2.89. The molecular formula is C25H21Cl2N3O2S. The molecule has 5 nitrogen and oxygen atoms in total. The van der Waals surface area contributed by atoms with Gasteiger partial charge in [-0.1, -0.05) is 53.0 Å². The highest BCUT2D eigenvalue weighted by atomic mass is 35.5. The van der Waals surface area contributed by atoms with Crippen molar-refractivity contribution in [3.63, 3.8) is 0 Å². The summed E-state index contributed by atoms with van der Waals surface area (Å²) < 4.78 is 0. The number of aryl methyl sites for hydroxylation is 1. The molecule has 2 aliphatic rings. The zero-order valence-corrected chi connectivity index (χ0v) is 20.2. The summed E-state index contributed by atoms with van der Waals surface area (Å²) in [7, 11) is 0. The van der Waals surface area contributed by atoms with Crippen molar-refractivity contribution in [3.05, 3.63) is 93.5 Å². The largest absolute Gasteiger partial charge is 0.323 e. The molecule has 2 aliphatic heterocycles. The molecule has 1 saturated heterocycles. The van der Waals surface area contributed by atoms with Crippen molar-refractivity contribution in [2.45, 2.75) is 18.3 Å². The Kier molecular flexibility index (Phi) is 5.77. The van der Waals surface area contributed by atoms with Gasteiger partial charge in [0.2, 0.25) is 0 Å². The number of hydrogen-bond acceptors (Lipinski definition) is 3. The molecule has 0 unspecified atom stereocenters. The van der Waals surface area contributed by atoms with Crippen LogP contribution in [0.3, 0.4) is 0 Å². The summed E-state index contributed by atoms with van der Waals surface area (Å²) in [6.07, 6.45) is 0. The van der Waals surface area contributed by atoms with E-state index in [-0.39, 0.29) is 11.9 Å². The number of hydrogen-bond donors (Lipinski definition) is 1. The Bertz CT molecular complexity index is 1250. The van der Waals surface area contributed by atoms with Gasteiger partial charge in [-0.3, -0.25) is 9.69 Å². The summed E-state index contributed by atoms with van der Waals surface area (Å²) in [6, 6.07) is 20.1. The van der Waals surface area contributed by atoms with Crippen LogP contribution in [-0.4, -0.2) is 29.1 Å². The second kappa shape index (κ2) is 8.60. The molecule has 3 aromatic carbocycles. The second-order valence-corrected chi connectivity index (χ2v) is 10.3. The quantitative estimate of drug-likeness (QED) is 0.462. The van der Waals surface area contributed by atoms with E-state index in [1.165, 1.54) is 11.8 Å². The first-order valence-electron chi connectivity index (χ1n) is 10.5. The average Bonchev–Trinajstić information content (AvgIpc) is 3.33. The van der Waals surface area contributed by atoms with E-state index < -0.39 is 4.87 Å². The molecule has 8 heteroatoms. The molecule has 0 saturated carbocycles. The fraction of sp³-hybridized carbons (Fsp3) is 0.200. The van der Waals surface area contributed by atoms with Crippen molar-refractivity contribution in [2.75, 3.05) is 22.5 Å². The number of fused-ring (bicyclic) bond motifs is 2. The van der Waals surface area contributed by atoms with Crippen molar-refractivity contribution >= 4 is 58.3 Å². The van der Waals surface area contributed by atoms with Gasteiger partial charge in [-0.2, -0.15) is 0 Å². The Balaban J connectivity index is 1.53. The van der Waals surface area contributed by atoms with Gasteiger partial charge in [0.15, 0.2) is 4.87 Å². The molecule has 1 spiro atoms. The highest BCUT2D eigenvalue weighted by Gasteiger charge is 2.59. The minimum Gasteiger partial charge on any atom is -0.308 e. The Labute approximate surface area is 206 Å². The lowest BCUT2D eigenvalue weighted by molar-refractivity contribution is -0.123. The lowest BCUT2D eigenvalue weighted by Crippen LogP contribution is -2.51. The van der Waals surface area contributed by atoms with Crippen LogP contribution in [0.5, 0.6) is 0 Å². The first-order valence-corrected chi connectivity index (χ1v) is 12.3. The SMILES string of the molecule is Cc1cccc(CN2C(=O)[C@@]3(SCCN3C(=O)Nc3ccc(Cl)cc3)c3cc(Cl)ccc32)c1. The third-order valence-corrected chi connectivity index (χ3v) is 7.83. The zero-order valence-electron chi connectivity index (χ0n) is 17.8. The third-order valence-electron chi connectivity index (χ3n) is 5.92. The highest BCUT2D eigenvalue weighted by Crippen LogP contribution is 2.55. The average molecular weight is 498 g/mol. The fourth-order valence-electron chi connectivity index (χ4n) is 4.46. The van der Waals surface area contributed by atoms with E-state index in [0.29, 0.717) is 34.6 Å². The van der Waals surface area contributed by atoms with Crippen LogP contribution in [0.2, 0.25) is 10.0 Å². The number of nitrogens with zero attached hydrogens (tertiary/aromatic N) is 2. The normalized spacial score (nSPS) is 19.3. The van der Waals surface area contributed by atoms with E-state index in [1.54, 1.807) is 40.1 Å². The van der Waals surface area contributed by atoms with Crippen molar-refractivity contribution in [1.29, 1.82) is 0 Å². The number of nitrogens with one attached hydrogen (secondary N) is 1. The minimum atomic E-state index is -1.15. The van der Waals surface area contributed by atoms with Gasteiger partial charge in [-0.25, -0.2) is 4.79 Å². The number of carbonyl (C=O) groups excluding carboxylic acids is 2. The first kappa shape index (κ1) is 22.1. The van der Waals surface area contributed by atoms with E-state index in [2.05, 4.69) is 11.4 Å².